The lowest BCUT2D eigenvalue weighted by molar-refractivity contribution is 0.0383. The summed E-state index contributed by atoms with van der Waals surface area (Å²) in [6.07, 6.45) is 1.44. The Morgan fingerprint density at radius 1 is 1.14 bits per heavy atom. The summed E-state index contributed by atoms with van der Waals surface area (Å²) in [5.41, 5.74) is 1.81. The zero-order chi connectivity index (χ0) is 19.9. The summed E-state index contributed by atoms with van der Waals surface area (Å²) in [5.74, 6) is -0.319. The van der Waals surface area contributed by atoms with Crippen LogP contribution in [0.5, 0.6) is 0 Å². The number of carbonyl (C=O) groups is 2. The van der Waals surface area contributed by atoms with Crippen LogP contribution in [-0.2, 0) is 4.74 Å². The van der Waals surface area contributed by atoms with Gasteiger partial charge >= 0.3 is 0 Å². The monoisotopic (exact) mass is 386 g/mol. The van der Waals surface area contributed by atoms with Gasteiger partial charge in [-0.3, -0.25) is 14.5 Å². The van der Waals surface area contributed by atoms with E-state index in [1.165, 1.54) is 6.26 Å². The summed E-state index contributed by atoms with van der Waals surface area (Å²) in [5, 5.41) is 5.73. The zero-order valence-electron chi connectivity index (χ0n) is 16.2. The van der Waals surface area contributed by atoms with Crippen LogP contribution < -0.4 is 15.5 Å². The second-order valence-corrected chi connectivity index (χ2v) is 6.77. The third kappa shape index (κ3) is 5.11. The molecule has 0 radical (unpaired) electrons. The van der Waals surface area contributed by atoms with E-state index >= 15 is 0 Å². The van der Waals surface area contributed by atoms with Gasteiger partial charge in [0.05, 0.1) is 25.0 Å². The fourth-order valence-corrected chi connectivity index (χ4v) is 3.03. The number of amides is 2. The van der Waals surface area contributed by atoms with Crippen molar-refractivity contribution in [2.45, 2.75) is 0 Å². The normalized spacial score (nSPS) is 14.5. The van der Waals surface area contributed by atoms with E-state index in [4.69, 9.17) is 9.15 Å². The van der Waals surface area contributed by atoms with Crippen LogP contribution >= 0.6 is 0 Å². The topological polar surface area (TPSA) is 87.0 Å². The van der Waals surface area contributed by atoms with Gasteiger partial charge in [-0.15, -0.1) is 0 Å². The van der Waals surface area contributed by atoms with Crippen molar-refractivity contribution in [3.8, 4) is 0 Å². The molecule has 2 N–H and O–H groups in total. The highest BCUT2D eigenvalue weighted by molar-refractivity contribution is 6.05. The summed E-state index contributed by atoms with van der Waals surface area (Å²) in [6.45, 7) is 4.56. The Morgan fingerprint density at radius 2 is 1.93 bits per heavy atom. The lowest BCUT2D eigenvalue weighted by Crippen LogP contribution is -2.41. The molecule has 1 aromatic carbocycles. The van der Waals surface area contributed by atoms with Gasteiger partial charge in [0.25, 0.3) is 11.8 Å². The van der Waals surface area contributed by atoms with Crippen molar-refractivity contribution in [3.63, 3.8) is 0 Å². The van der Waals surface area contributed by atoms with Crippen molar-refractivity contribution in [2.75, 3.05) is 63.7 Å². The Morgan fingerprint density at radius 3 is 2.61 bits per heavy atom. The molecule has 0 aliphatic carbocycles. The van der Waals surface area contributed by atoms with E-state index in [-0.39, 0.29) is 17.6 Å². The van der Waals surface area contributed by atoms with E-state index in [0.717, 1.165) is 38.5 Å². The molecule has 2 aromatic rings. The third-order valence-corrected chi connectivity index (χ3v) is 4.54. The number of rotatable bonds is 7. The molecule has 0 saturated carbocycles. The molecular formula is C20H26N4O4. The maximum Gasteiger partial charge on any atom is 0.291 e. The summed E-state index contributed by atoms with van der Waals surface area (Å²) in [4.78, 5) is 29.1. The molecule has 150 valence electrons. The Kier molecular flexibility index (Phi) is 6.67. The van der Waals surface area contributed by atoms with Gasteiger partial charge in [0.15, 0.2) is 5.76 Å². The van der Waals surface area contributed by atoms with E-state index in [9.17, 15) is 9.59 Å². The van der Waals surface area contributed by atoms with Gasteiger partial charge in [-0.2, -0.15) is 0 Å². The number of furan rings is 1. The second-order valence-electron chi connectivity index (χ2n) is 6.77. The van der Waals surface area contributed by atoms with Crippen LogP contribution in [-0.4, -0.2) is 70.2 Å². The first kappa shape index (κ1) is 19.9. The maximum atomic E-state index is 12.8. The molecule has 0 atom stereocenters. The van der Waals surface area contributed by atoms with Gasteiger partial charge in [-0.1, -0.05) is 0 Å². The molecule has 0 bridgehead atoms. The van der Waals surface area contributed by atoms with Crippen molar-refractivity contribution in [3.05, 3.63) is 47.9 Å². The molecule has 8 nitrogen and oxygen atoms in total. The number of hydrogen-bond acceptors (Lipinski definition) is 6. The van der Waals surface area contributed by atoms with Gasteiger partial charge in [0.1, 0.15) is 0 Å². The minimum absolute atomic E-state index is 0.175. The maximum absolute atomic E-state index is 12.8. The highest BCUT2D eigenvalue weighted by atomic mass is 16.5. The third-order valence-electron chi connectivity index (χ3n) is 4.54. The predicted molar refractivity (Wildman–Crippen MR) is 107 cm³/mol. The molecule has 8 heteroatoms. The van der Waals surface area contributed by atoms with Gasteiger partial charge < -0.3 is 24.7 Å². The lowest BCUT2D eigenvalue weighted by Gasteiger charge is -2.26. The number of carbonyl (C=O) groups excluding carboxylic acids is 2. The average Bonchev–Trinajstić information content (AvgIpc) is 3.23. The number of hydrogen-bond donors (Lipinski definition) is 2. The molecule has 1 aliphatic heterocycles. The molecule has 28 heavy (non-hydrogen) atoms. The second kappa shape index (κ2) is 9.38. The molecule has 0 spiro atoms. The molecular weight excluding hydrogens is 360 g/mol. The van der Waals surface area contributed by atoms with Crippen LogP contribution in [0.2, 0.25) is 0 Å². The van der Waals surface area contributed by atoms with Gasteiger partial charge in [-0.25, -0.2) is 0 Å². The van der Waals surface area contributed by atoms with E-state index in [0.29, 0.717) is 17.8 Å². The molecule has 3 rings (SSSR count). The van der Waals surface area contributed by atoms with E-state index in [1.807, 2.05) is 25.1 Å². The molecule has 1 aliphatic rings. The zero-order valence-corrected chi connectivity index (χ0v) is 16.2. The van der Waals surface area contributed by atoms with Gasteiger partial charge in [-0.05, 0) is 30.3 Å². The number of anilines is 2. The Balaban J connectivity index is 1.66. The van der Waals surface area contributed by atoms with E-state index < -0.39 is 0 Å². The standard InChI is InChI=1S/C20H26N4O4/c1-23(2)17-6-5-15(22-20(26)18-4-3-11-28-18)14-16(17)19(25)21-7-8-24-9-12-27-13-10-24/h3-6,11,14H,7-10,12-13H2,1-2H3,(H,21,25)(H,22,26). The number of nitrogens with one attached hydrogen (secondary N) is 2. The molecule has 2 amide bonds. The Bertz CT molecular complexity index is 799. The lowest BCUT2D eigenvalue weighted by atomic mass is 10.1. The number of benzene rings is 1. The molecule has 1 saturated heterocycles. The first-order valence-corrected chi connectivity index (χ1v) is 9.29. The summed E-state index contributed by atoms with van der Waals surface area (Å²) in [6, 6.07) is 8.50. The summed E-state index contributed by atoms with van der Waals surface area (Å²) < 4.78 is 10.4. The quantitative estimate of drug-likeness (QED) is 0.753. The Hall–Kier alpha value is -2.84. The van der Waals surface area contributed by atoms with Crippen molar-refractivity contribution in [1.82, 2.24) is 10.2 Å². The van der Waals surface area contributed by atoms with Crippen LogP contribution in [0.15, 0.2) is 41.0 Å². The minimum Gasteiger partial charge on any atom is -0.459 e. The molecule has 0 unspecified atom stereocenters. The van der Waals surface area contributed by atoms with Crippen LogP contribution in [0.3, 0.4) is 0 Å². The van der Waals surface area contributed by atoms with Crippen molar-refractivity contribution >= 4 is 23.2 Å². The smallest absolute Gasteiger partial charge is 0.291 e. The van der Waals surface area contributed by atoms with Crippen LogP contribution in [0.4, 0.5) is 11.4 Å². The van der Waals surface area contributed by atoms with Crippen LogP contribution in [0, 0.1) is 0 Å². The van der Waals surface area contributed by atoms with Crippen LogP contribution in [0.1, 0.15) is 20.9 Å². The van der Waals surface area contributed by atoms with Crippen molar-refractivity contribution in [1.29, 1.82) is 0 Å². The number of morpholine rings is 1. The number of ether oxygens (including phenoxy) is 1. The highest BCUT2D eigenvalue weighted by Gasteiger charge is 2.17. The molecule has 2 heterocycles. The average molecular weight is 386 g/mol. The van der Waals surface area contributed by atoms with E-state index in [1.54, 1.807) is 24.3 Å². The summed E-state index contributed by atoms with van der Waals surface area (Å²) in [7, 11) is 3.75. The van der Waals surface area contributed by atoms with Gasteiger partial charge in [0, 0.05) is 51.6 Å². The minimum atomic E-state index is -0.360. The largest absolute Gasteiger partial charge is 0.459 e. The van der Waals surface area contributed by atoms with Crippen LogP contribution in [0.25, 0.3) is 0 Å². The Labute approximate surface area is 164 Å². The summed E-state index contributed by atoms with van der Waals surface area (Å²) >= 11 is 0. The fraction of sp³-hybridized carbons (Fsp3) is 0.400. The van der Waals surface area contributed by atoms with E-state index in [2.05, 4.69) is 15.5 Å². The van der Waals surface area contributed by atoms with Crippen molar-refractivity contribution in [2.24, 2.45) is 0 Å². The predicted octanol–water partition coefficient (Wildman–Crippen LogP) is 1.66. The fourth-order valence-electron chi connectivity index (χ4n) is 3.03. The van der Waals surface area contributed by atoms with Gasteiger partial charge in [0.2, 0.25) is 0 Å². The molecule has 1 aromatic heterocycles. The highest BCUT2D eigenvalue weighted by Crippen LogP contribution is 2.23. The van der Waals surface area contributed by atoms with Crippen molar-refractivity contribution < 1.29 is 18.7 Å². The molecule has 1 fully saturated rings. The first-order valence-electron chi connectivity index (χ1n) is 9.29. The SMILES string of the molecule is CN(C)c1ccc(NC(=O)c2ccco2)cc1C(=O)NCCN1CCOCC1. The number of nitrogens with zero attached hydrogens (tertiary/aromatic N) is 2. The first-order chi connectivity index (χ1) is 13.5.